The summed E-state index contributed by atoms with van der Waals surface area (Å²) in [5.41, 5.74) is 7.38. The van der Waals surface area contributed by atoms with E-state index < -0.39 is 4.92 Å². The number of aryl methyl sites for hydroxylation is 1. The summed E-state index contributed by atoms with van der Waals surface area (Å²) in [6.45, 7) is 1.78. The predicted molar refractivity (Wildman–Crippen MR) is 137 cm³/mol. The first-order valence-electron chi connectivity index (χ1n) is 11.0. The summed E-state index contributed by atoms with van der Waals surface area (Å²) in [4.78, 5) is 15.6. The molecule has 0 aliphatic rings. The Hall–Kier alpha value is -4.95. The van der Waals surface area contributed by atoms with Gasteiger partial charge in [-0.05, 0) is 47.2 Å². The first kappa shape index (κ1) is 23.8. The lowest BCUT2D eigenvalue weighted by Gasteiger charge is -2.14. The van der Waals surface area contributed by atoms with Gasteiger partial charge in [-0.3, -0.25) is 10.1 Å². The number of hydrogen-bond acceptors (Lipinski definition) is 10. The van der Waals surface area contributed by atoms with Crippen molar-refractivity contribution in [2.75, 3.05) is 5.73 Å². The number of nitro groups is 1. The molecule has 0 aliphatic heterocycles. The molecule has 0 amide bonds. The smallest absolute Gasteiger partial charge is 0.281 e. The Morgan fingerprint density at radius 2 is 1.92 bits per heavy atom. The van der Waals surface area contributed by atoms with Crippen LogP contribution in [0.15, 0.2) is 81.3 Å². The van der Waals surface area contributed by atoms with Gasteiger partial charge in [-0.2, -0.15) is 5.26 Å². The number of aromatic nitrogens is 3. The molecule has 0 aliphatic carbocycles. The van der Waals surface area contributed by atoms with Crippen molar-refractivity contribution < 1.29 is 14.1 Å². The van der Waals surface area contributed by atoms with E-state index in [1.807, 2.05) is 42.5 Å². The third-order valence-electron chi connectivity index (χ3n) is 5.53. The largest absolute Gasteiger partial charge is 0.484 e. The molecular weight excluding hydrogens is 492 g/mol. The van der Waals surface area contributed by atoms with Gasteiger partial charge in [0.05, 0.1) is 10.6 Å². The van der Waals surface area contributed by atoms with Gasteiger partial charge in [0.15, 0.2) is 6.61 Å². The van der Waals surface area contributed by atoms with Crippen LogP contribution in [-0.4, -0.2) is 20.1 Å². The normalized spacial score (nSPS) is 10.8. The van der Waals surface area contributed by atoms with Crippen LogP contribution in [0.2, 0.25) is 0 Å². The lowest BCUT2D eigenvalue weighted by molar-refractivity contribution is -0.384. The van der Waals surface area contributed by atoms with Gasteiger partial charge in [0.1, 0.15) is 23.2 Å². The number of rotatable bonds is 7. The van der Waals surface area contributed by atoms with Crippen LogP contribution in [-0.2, 0) is 6.61 Å². The maximum atomic E-state index is 11.3. The average Bonchev–Trinajstić information content (AvgIpc) is 3.36. The molecule has 5 aromatic rings. The van der Waals surface area contributed by atoms with E-state index >= 15 is 0 Å². The third-order valence-corrected chi connectivity index (χ3v) is 6.57. The van der Waals surface area contributed by atoms with Crippen LogP contribution in [0.5, 0.6) is 5.75 Å². The molecule has 5 rings (SSSR count). The van der Waals surface area contributed by atoms with E-state index in [4.69, 9.17) is 14.9 Å². The van der Waals surface area contributed by atoms with Gasteiger partial charge >= 0.3 is 0 Å². The minimum atomic E-state index is -0.500. The fraction of sp³-hybridized carbons (Fsp3) is 0.0769. The van der Waals surface area contributed by atoms with E-state index in [0.717, 1.165) is 22.5 Å². The summed E-state index contributed by atoms with van der Waals surface area (Å²) in [6, 6.07) is 21.8. The summed E-state index contributed by atoms with van der Waals surface area (Å²) in [7, 11) is 0. The van der Waals surface area contributed by atoms with Crippen molar-refractivity contribution in [3.05, 3.63) is 94.0 Å². The van der Waals surface area contributed by atoms with Crippen molar-refractivity contribution in [1.29, 1.82) is 5.26 Å². The molecule has 0 saturated heterocycles. The summed E-state index contributed by atoms with van der Waals surface area (Å²) < 4.78 is 11.6. The minimum Gasteiger partial charge on any atom is -0.484 e. The van der Waals surface area contributed by atoms with Gasteiger partial charge in [0, 0.05) is 22.6 Å². The van der Waals surface area contributed by atoms with E-state index in [-0.39, 0.29) is 34.8 Å². The van der Waals surface area contributed by atoms with Gasteiger partial charge in [-0.25, -0.2) is 4.98 Å². The van der Waals surface area contributed by atoms with Crippen LogP contribution < -0.4 is 10.5 Å². The van der Waals surface area contributed by atoms with E-state index in [2.05, 4.69) is 21.3 Å². The molecule has 0 radical (unpaired) electrons. The Morgan fingerprint density at radius 1 is 1.11 bits per heavy atom. The quantitative estimate of drug-likeness (QED) is 0.213. The zero-order valence-corrected chi connectivity index (χ0v) is 20.2. The number of nitrogen functional groups attached to an aromatic ring is 1. The molecule has 2 heterocycles. The standard InChI is InChI=1S/C26H18N6O4S/c1-15-24(23(21(13-27)25(28)29-15)18-7-4-8-19(11-18)32(33)34)37-26-31-30-22(36-26)14-35-20-10-9-16-5-2-3-6-17(16)12-20/h2-12H,14H2,1H3,(H2,28,29). The van der Waals surface area contributed by atoms with Crippen LogP contribution in [0.25, 0.3) is 21.9 Å². The second kappa shape index (κ2) is 9.96. The number of ether oxygens (including phenoxy) is 1. The lowest BCUT2D eigenvalue weighted by Crippen LogP contribution is -2.03. The average molecular weight is 511 g/mol. The van der Waals surface area contributed by atoms with Crippen LogP contribution in [0.1, 0.15) is 17.1 Å². The van der Waals surface area contributed by atoms with Gasteiger partial charge in [0.2, 0.25) is 0 Å². The fourth-order valence-electron chi connectivity index (χ4n) is 3.83. The maximum absolute atomic E-state index is 11.3. The number of nitrogens with two attached hydrogens (primary N) is 1. The molecule has 11 heteroatoms. The highest BCUT2D eigenvalue weighted by Crippen LogP contribution is 2.41. The van der Waals surface area contributed by atoms with Crippen molar-refractivity contribution in [3.8, 4) is 22.9 Å². The number of nitriles is 1. The topological polar surface area (TPSA) is 154 Å². The van der Waals surface area contributed by atoms with Gasteiger partial charge < -0.3 is 14.9 Å². The Morgan fingerprint density at radius 3 is 2.70 bits per heavy atom. The third kappa shape index (κ3) is 4.91. The van der Waals surface area contributed by atoms with E-state index in [1.54, 1.807) is 19.1 Å². The Kier molecular flexibility index (Phi) is 6.40. The number of benzene rings is 3. The first-order valence-corrected chi connectivity index (χ1v) is 11.8. The number of nitro benzene ring substituents is 1. The van der Waals surface area contributed by atoms with Crippen LogP contribution >= 0.6 is 11.8 Å². The molecule has 182 valence electrons. The summed E-state index contributed by atoms with van der Waals surface area (Å²) in [6.07, 6.45) is 0. The van der Waals surface area contributed by atoms with Gasteiger partial charge in [0.25, 0.3) is 16.8 Å². The number of nitrogens with zero attached hydrogens (tertiary/aromatic N) is 5. The Bertz CT molecular complexity index is 1690. The summed E-state index contributed by atoms with van der Waals surface area (Å²) >= 11 is 1.10. The highest BCUT2D eigenvalue weighted by atomic mass is 32.2. The highest BCUT2D eigenvalue weighted by Gasteiger charge is 2.22. The first-order chi connectivity index (χ1) is 17.9. The van der Waals surface area contributed by atoms with Crippen molar-refractivity contribution in [1.82, 2.24) is 15.2 Å². The maximum Gasteiger partial charge on any atom is 0.281 e. The molecule has 0 saturated carbocycles. The number of non-ortho nitro benzene ring substituents is 1. The number of pyridine rings is 1. The van der Waals surface area contributed by atoms with Crippen molar-refractivity contribution in [2.24, 2.45) is 0 Å². The highest BCUT2D eigenvalue weighted by molar-refractivity contribution is 7.99. The molecule has 0 unspecified atom stereocenters. The molecule has 2 aromatic heterocycles. The SMILES string of the molecule is Cc1nc(N)c(C#N)c(-c2cccc([N+](=O)[O-])c2)c1Sc1nnc(COc2ccc3ccccc3c2)o1. The number of hydrogen-bond donors (Lipinski definition) is 1. The second-order valence-corrected chi connectivity index (χ2v) is 8.90. The zero-order valence-electron chi connectivity index (χ0n) is 19.4. The Labute approximate surface area is 214 Å². The minimum absolute atomic E-state index is 0.0286. The van der Waals surface area contributed by atoms with Crippen LogP contribution in [0, 0.1) is 28.4 Å². The van der Waals surface area contributed by atoms with E-state index in [0.29, 0.717) is 27.5 Å². The monoisotopic (exact) mass is 510 g/mol. The van der Waals surface area contributed by atoms with Crippen molar-refractivity contribution in [3.63, 3.8) is 0 Å². The predicted octanol–water partition coefficient (Wildman–Crippen LogP) is 5.69. The van der Waals surface area contributed by atoms with E-state index in [9.17, 15) is 15.4 Å². The fourth-order valence-corrected chi connectivity index (χ4v) is 4.74. The van der Waals surface area contributed by atoms with Crippen molar-refractivity contribution in [2.45, 2.75) is 23.6 Å². The molecule has 0 fully saturated rings. The second-order valence-electron chi connectivity index (χ2n) is 7.94. The zero-order chi connectivity index (χ0) is 25.9. The van der Waals surface area contributed by atoms with Crippen LogP contribution in [0.4, 0.5) is 11.5 Å². The molecule has 37 heavy (non-hydrogen) atoms. The van der Waals surface area contributed by atoms with Crippen molar-refractivity contribution >= 4 is 34.0 Å². The molecule has 2 N–H and O–H groups in total. The van der Waals surface area contributed by atoms with Gasteiger partial charge in [-0.15, -0.1) is 10.2 Å². The molecule has 3 aromatic carbocycles. The summed E-state index contributed by atoms with van der Waals surface area (Å²) in [5, 5.41) is 31.6. The molecule has 10 nitrogen and oxygen atoms in total. The Balaban J connectivity index is 1.43. The molecular formula is C26H18N6O4S. The van der Waals surface area contributed by atoms with E-state index in [1.165, 1.54) is 12.1 Å². The summed E-state index contributed by atoms with van der Waals surface area (Å²) in [5.74, 6) is 0.950. The molecule has 0 spiro atoms. The lowest BCUT2D eigenvalue weighted by atomic mass is 9.99. The van der Waals surface area contributed by atoms with Gasteiger partial charge in [-0.1, -0.05) is 42.5 Å². The number of fused-ring (bicyclic) bond motifs is 1. The molecule has 0 bridgehead atoms. The van der Waals surface area contributed by atoms with Crippen LogP contribution in [0.3, 0.4) is 0 Å². The molecule has 0 atom stereocenters. The number of anilines is 1.